The number of rotatable bonds is 3. The Labute approximate surface area is 111 Å². The summed E-state index contributed by atoms with van der Waals surface area (Å²) in [5.74, 6) is 0.438. The van der Waals surface area contributed by atoms with Gasteiger partial charge in [0.1, 0.15) is 0 Å². The monoisotopic (exact) mass is 263 g/mol. The molecule has 2 aromatic rings. The van der Waals surface area contributed by atoms with Gasteiger partial charge >= 0.3 is 0 Å². The van der Waals surface area contributed by atoms with Crippen molar-refractivity contribution in [3.8, 4) is 0 Å². The van der Waals surface area contributed by atoms with E-state index in [0.717, 1.165) is 17.8 Å². The normalized spacial score (nSPS) is 20.9. The Kier molecular flexibility index (Phi) is 3.67. The maximum absolute atomic E-state index is 11.9. The molecule has 1 heterocycles. The molecule has 1 aromatic carbocycles. The van der Waals surface area contributed by atoms with Crippen molar-refractivity contribution in [2.24, 2.45) is 5.92 Å². The van der Waals surface area contributed by atoms with Gasteiger partial charge in [-0.3, -0.25) is 4.79 Å². The number of halogens is 1. The third-order valence-corrected chi connectivity index (χ3v) is 3.07. The van der Waals surface area contributed by atoms with Crippen LogP contribution in [0.15, 0.2) is 42.9 Å². The van der Waals surface area contributed by atoms with Gasteiger partial charge in [0.15, 0.2) is 0 Å². The van der Waals surface area contributed by atoms with E-state index in [1.807, 2.05) is 36.5 Å². The average molecular weight is 264 g/mol. The zero-order valence-corrected chi connectivity index (χ0v) is 10.5. The van der Waals surface area contributed by atoms with E-state index in [9.17, 15) is 4.79 Å². The molecule has 1 unspecified atom stereocenters. The minimum absolute atomic E-state index is 0. The first-order valence-corrected chi connectivity index (χ1v) is 5.69. The van der Waals surface area contributed by atoms with Crippen molar-refractivity contribution in [2.75, 3.05) is 5.32 Å². The topological polar surface area (TPSA) is 57.8 Å². The largest absolute Gasteiger partial charge is 0.351 e. The number of anilines is 1. The number of hydrogen-bond donors (Lipinski definition) is 2. The summed E-state index contributed by atoms with van der Waals surface area (Å²) in [5.41, 5.74) is 1.84. The summed E-state index contributed by atoms with van der Waals surface area (Å²) in [6.45, 7) is 0. The highest BCUT2D eigenvalue weighted by atomic mass is 35.5. The lowest BCUT2D eigenvalue weighted by Crippen LogP contribution is -2.14. The van der Waals surface area contributed by atoms with Gasteiger partial charge in [-0.25, -0.2) is 4.98 Å². The summed E-state index contributed by atoms with van der Waals surface area (Å²) in [6, 6.07) is 9.54. The molecule has 0 saturated heterocycles. The highest BCUT2D eigenvalue weighted by molar-refractivity contribution is 5.95. The molecule has 18 heavy (non-hydrogen) atoms. The van der Waals surface area contributed by atoms with E-state index in [1.165, 1.54) is 0 Å². The first-order valence-electron chi connectivity index (χ1n) is 5.69. The molecule has 94 valence electrons. The molecule has 1 saturated carbocycles. The van der Waals surface area contributed by atoms with Gasteiger partial charge in [-0.15, -0.1) is 12.4 Å². The number of carbonyl (C=O) groups is 1. The van der Waals surface area contributed by atoms with Crippen molar-refractivity contribution < 1.29 is 4.79 Å². The molecule has 0 bridgehead atoms. The number of hydrogen-bond acceptors (Lipinski definition) is 2. The Balaban J connectivity index is 0.00000120. The van der Waals surface area contributed by atoms with Crippen LogP contribution in [0.1, 0.15) is 18.0 Å². The highest BCUT2D eigenvalue weighted by Crippen LogP contribution is 2.47. The van der Waals surface area contributed by atoms with Crippen molar-refractivity contribution in [1.29, 1.82) is 0 Å². The minimum Gasteiger partial charge on any atom is -0.351 e. The lowest BCUT2D eigenvalue weighted by Gasteiger charge is -2.03. The molecule has 3 rings (SSSR count). The van der Waals surface area contributed by atoms with Crippen LogP contribution in [0.3, 0.4) is 0 Å². The summed E-state index contributed by atoms with van der Waals surface area (Å²) >= 11 is 0. The van der Waals surface area contributed by atoms with Gasteiger partial charge in [0.2, 0.25) is 5.91 Å². The number of carbonyl (C=O) groups excluding carboxylic acids is 1. The molecule has 1 amide bonds. The van der Waals surface area contributed by atoms with Crippen molar-refractivity contribution >= 4 is 24.0 Å². The molecule has 2 N–H and O–H groups in total. The molecule has 1 aliphatic rings. The molecule has 0 radical (unpaired) electrons. The fourth-order valence-electron chi connectivity index (χ4n) is 2.04. The summed E-state index contributed by atoms with van der Waals surface area (Å²) in [7, 11) is 0. The number of H-pyrrole nitrogens is 1. The van der Waals surface area contributed by atoms with Crippen LogP contribution < -0.4 is 5.32 Å². The second-order valence-electron chi connectivity index (χ2n) is 4.30. The summed E-state index contributed by atoms with van der Waals surface area (Å²) < 4.78 is 0. The lowest BCUT2D eigenvalue weighted by atomic mass is 10.2. The van der Waals surface area contributed by atoms with Crippen molar-refractivity contribution in [3.63, 3.8) is 0 Å². The third kappa shape index (κ3) is 2.54. The van der Waals surface area contributed by atoms with Crippen LogP contribution in [-0.2, 0) is 4.79 Å². The molecule has 1 aliphatic carbocycles. The van der Waals surface area contributed by atoms with Gasteiger partial charge in [-0.2, -0.15) is 0 Å². The number of benzene rings is 1. The zero-order valence-electron chi connectivity index (χ0n) is 9.67. The molecule has 0 spiro atoms. The molecule has 0 aliphatic heterocycles. The second-order valence-corrected chi connectivity index (χ2v) is 4.30. The van der Waals surface area contributed by atoms with E-state index >= 15 is 0 Å². The average Bonchev–Trinajstić information content (AvgIpc) is 2.98. The Morgan fingerprint density at radius 2 is 2.11 bits per heavy atom. The van der Waals surface area contributed by atoms with Crippen LogP contribution in [0.5, 0.6) is 0 Å². The highest BCUT2D eigenvalue weighted by Gasteiger charge is 2.45. The molecule has 2 atom stereocenters. The predicted molar refractivity (Wildman–Crippen MR) is 71.8 cm³/mol. The van der Waals surface area contributed by atoms with E-state index in [1.54, 1.807) is 6.33 Å². The third-order valence-electron chi connectivity index (χ3n) is 3.07. The van der Waals surface area contributed by atoms with Gasteiger partial charge < -0.3 is 10.3 Å². The van der Waals surface area contributed by atoms with Crippen LogP contribution in [0, 0.1) is 5.92 Å². The Bertz CT molecular complexity index is 512. The maximum Gasteiger partial charge on any atom is 0.228 e. The summed E-state index contributed by atoms with van der Waals surface area (Å²) in [5, 5.41) is 2.92. The summed E-state index contributed by atoms with van der Waals surface area (Å²) in [4.78, 5) is 19.0. The fraction of sp³-hybridized carbons (Fsp3) is 0.231. The van der Waals surface area contributed by atoms with Crippen molar-refractivity contribution in [1.82, 2.24) is 9.97 Å². The van der Waals surface area contributed by atoms with E-state index in [4.69, 9.17) is 0 Å². The van der Waals surface area contributed by atoms with Crippen LogP contribution in [0.2, 0.25) is 0 Å². The minimum atomic E-state index is 0. The van der Waals surface area contributed by atoms with Gasteiger partial charge in [-0.05, 0) is 18.6 Å². The van der Waals surface area contributed by atoms with Gasteiger partial charge in [-0.1, -0.05) is 18.2 Å². The number of aromatic amines is 1. The Morgan fingerprint density at radius 3 is 2.78 bits per heavy atom. The molecular formula is C13H14ClN3O. The SMILES string of the molecule is Cl.O=C(Nc1ccccc1)C1C[C@@H]1c1c[nH]cn1. The Morgan fingerprint density at radius 1 is 1.33 bits per heavy atom. The van der Waals surface area contributed by atoms with Crippen molar-refractivity contribution in [3.05, 3.63) is 48.5 Å². The van der Waals surface area contributed by atoms with Gasteiger partial charge in [0, 0.05) is 23.7 Å². The molecule has 1 aromatic heterocycles. The van der Waals surface area contributed by atoms with Crippen LogP contribution in [0.25, 0.3) is 0 Å². The molecule has 4 nitrogen and oxygen atoms in total. The predicted octanol–water partition coefficient (Wildman–Crippen LogP) is 2.57. The molecule has 5 heteroatoms. The van der Waals surface area contributed by atoms with Gasteiger partial charge in [0.05, 0.1) is 12.0 Å². The van der Waals surface area contributed by atoms with E-state index in [-0.39, 0.29) is 30.2 Å². The van der Waals surface area contributed by atoms with Crippen LogP contribution in [-0.4, -0.2) is 15.9 Å². The Hall–Kier alpha value is -1.81. The summed E-state index contributed by atoms with van der Waals surface area (Å²) in [6.07, 6.45) is 4.41. The van der Waals surface area contributed by atoms with Gasteiger partial charge in [0.25, 0.3) is 0 Å². The zero-order chi connectivity index (χ0) is 11.7. The second kappa shape index (κ2) is 5.23. The van der Waals surface area contributed by atoms with Crippen LogP contribution in [0.4, 0.5) is 5.69 Å². The number of nitrogens with zero attached hydrogens (tertiary/aromatic N) is 1. The quantitative estimate of drug-likeness (QED) is 0.894. The first kappa shape index (κ1) is 12.6. The van der Waals surface area contributed by atoms with E-state index in [0.29, 0.717) is 0 Å². The fourth-order valence-corrected chi connectivity index (χ4v) is 2.04. The standard InChI is InChI=1S/C13H13N3O.ClH/c17-13(16-9-4-2-1-3-5-9)11-6-10(11)12-7-14-8-15-12;/h1-5,7-8,10-11H,6H2,(H,14,15)(H,16,17);1H/t10-,11?;/m0./s1. The number of nitrogens with one attached hydrogen (secondary N) is 2. The number of para-hydroxylation sites is 1. The van der Waals surface area contributed by atoms with E-state index in [2.05, 4.69) is 15.3 Å². The molecular weight excluding hydrogens is 250 g/mol. The molecule has 1 fully saturated rings. The number of amides is 1. The maximum atomic E-state index is 11.9. The van der Waals surface area contributed by atoms with Crippen LogP contribution >= 0.6 is 12.4 Å². The number of imidazole rings is 1. The van der Waals surface area contributed by atoms with E-state index < -0.39 is 0 Å². The lowest BCUT2D eigenvalue weighted by molar-refractivity contribution is -0.117. The first-order chi connectivity index (χ1) is 8.34. The van der Waals surface area contributed by atoms with Crippen molar-refractivity contribution in [2.45, 2.75) is 12.3 Å². The number of aromatic nitrogens is 2. The smallest absolute Gasteiger partial charge is 0.228 e.